The zero-order valence-electron chi connectivity index (χ0n) is 15.0. The highest BCUT2D eigenvalue weighted by atomic mass is 35.5. The Labute approximate surface area is 170 Å². The van der Waals surface area contributed by atoms with Gasteiger partial charge in [0.15, 0.2) is 5.76 Å². The molecule has 140 valence electrons. The Kier molecular flexibility index (Phi) is 4.18. The van der Waals surface area contributed by atoms with E-state index in [4.69, 9.17) is 21.1 Å². The molecular formula is C22H13ClN4O2. The molecule has 0 unspecified atom stereocenters. The van der Waals surface area contributed by atoms with E-state index in [-0.39, 0.29) is 5.56 Å². The molecule has 0 fully saturated rings. The standard InChI is InChI=1S/C22H13ClN4O2/c23-16-9-10-20(24-13-16)27-21(26-18-4-2-1-3-17(18)22(27)28)15-7-5-14(6-8-15)19-11-12-25-29-19/h1-13H. The summed E-state index contributed by atoms with van der Waals surface area (Å²) in [5, 5.41) is 4.75. The number of nitrogens with zero attached hydrogens (tertiary/aromatic N) is 4. The van der Waals surface area contributed by atoms with Crippen molar-refractivity contribution in [1.29, 1.82) is 0 Å². The third kappa shape index (κ3) is 3.09. The van der Waals surface area contributed by atoms with E-state index in [1.165, 1.54) is 10.8 Å². The van der Waals surface area contributed by atoms with E-state index in [0.29, 0.717) is 33.3 Å². The molecule has 2 aromatic carbocycles. The van der Waals surface area contributed by atoms with Gasteiger partial charge in [-0.05, 0) is 24.3 Å². The first-order valence-corrected chi connectivity index (χ1v) is 9.24. The molecule has 3 heterocycles. The summed E-state index contributed by atoms with van der Waals surface area (Å²) in [5.74, 6) is 1.61. The van der Waals surface area contributed by atoms with Crippen LogP contribution in [0, 0.1) is 0 Å². The number of hydrogen-bond donors (Lipinski definition) is 0. The van der Waals surface area contributed by atoms with Crippen molar-refractivity contribution in [3.63, 3.8) is 0 Å². The fraction of sp³-hybridized carbons (Fsp3) is 0. The third-order valence-corrected chi connectivity index (χ3v) is 4.81. The second-order valence-electron chi connectivity index (χ2n) is 6.38. The summed E-state index contributed by atoms with van der Waals surface area (Å²) in [7, 11) is 0. The van der Waals surface area contributed by atoms with Crippen LogP contribution in [-0.2, 0) is 0 Å². The van der Waals surface area contributed by atoms with Crippen LogP contribution in [0.25, 0.3) is 39.4 Å². The SMILES string of the molecule is O=c1c2ccccc2nc(-c2ccc(-c3ccno3)cc2)n1-c1ccc(Cl)cn1. The molecule has 0 spiro atoms. The Morgan fingerprint density at radius 1 is 0.897 bits per heavy atom. The Morgan fingerprint density at radius 2 is 1.69 bits per heavy atom. The summed E-state index contributed by atoms with van der Waals surface area (Å²) >= 11 is 5.98. The third-order valence-electron chi connectivity index (χ3n) is 4.58. The van der Waals surface area contributed by atoms with Crippen LogP contribution >= 0.6 is 11.6 Å². The van der Waals surface area contributed by atoms with Crippen LogP contribution in [0.15, 0.2) is 88.4 Å². The monoisotopic (exact) mass is 400 g/mol. The molecule has 0 N–H and O–H groups in total. The number of halogens is 1. The van der Waals surface area contributed by atoms with E-state index in [1.54, 1.807) is 30.5 Å². The van der Waals surface area contributed by atoms with E-state index in [0.717, 1.165) is 11.1 Å². The van der Waals surface area contributed by atoms with Crippen LogP contribution in [0.1, 0.15) is 0 Å². The molecule has 6 nitrogen and oxygen atoms in total. The lowest BCUT2D eigenvalue weighted by Gasteiger charge is -2.13. The minimum absolute atomic E-state index is 0.195. The second-order valence-corrected chi connectivity index (χ2v) is 6.82. The number of rotatable bonds is 3. The van der Waals surface area contributed by atoms with Crippen LogP contribution < -0.4 is 5.56 Å². The Hall–Kier alpha value is -3.77. The van der Waals surface area contributed by atoms with Gasteiger partial charge in [-0.15, -0.1) is 0 Å². The van der Waals surface area contributed by atoms with Gasteiger partial charge in [-0.2, -0.15) is 0 Å². The van der Waals surface area contributed by atoms with E-state index in [9.17, 15) is 4.79 Å². The average molecular weight is 401 g/mol. The van der Waals surface area contributed by atoms with Crippen molar-refractivity contribution in [1.82, 2.24) is 19.7 Å². The van der Waals surface area contributed by atoms with Crippen molar-refractivity contribution in [2.24, 2.45) is 0 Å². The van der Waals surface area contributed by atoms with Gasteiger partial charge in [-0.3, -0.25) is 4.79 Å². The van der Waals surface area contributed by atoms with Crippen LogP contribution in [0.5, 0.6) is 0 Å². The summed E-state index contributed by atoms with van der Waals surface area (Å²) < 4.78 is 6.70. The van der Waals surface area contributed by atoms with Crippen molar-refractivity contribution in [3.05, 3.63) is 94.5 Å². The lowest BCUT2D eigenvalue weighted by Crippen LogP contribution is -2.22. The summed E-state index contributed by atoms with van der Waals surface area (Å²) in [6, 6.07) is 20.0. The van der Waals surface area contributed by atoms with Crippen molar-refractivity contribution in [3.8, 4) is 28.5 Å². The molecule has 5 aromatic rings. The molecule has 0 aliphatic heterocycles. The van der Waals surface area contributed by atoms with Gasteiger partial charge in [0.05, 0.1) is 22.1 Å². The molecule has 0 atom stereocenters. The van der Waals surface area contributed by atoms with E-state index >= 15 is 0 Å². The molecule has 5 rings (SSSR count). The first-order chi connectivity index (χ1) is 14.2. The second kappa shape index (κ2) is 7.00. The minimum atomic E-state index is -0.195. The number of fused-ring (bicyclic) bond motifs is 1. The zero-order chi connectivity index (χ0) is 19.8. The zero-order valence-corrected chi connectivity index (χ0v) is 15.7. The van der Waals surface area contributed by atoms with E-state index in [1.807, 2.05) is 42.5 Å². The van der Waals surface area contributed by atoms with Gasteiger partial charge in [-0.25, -0.2) is 14.5 Å². The maximum absolute atomic E-state index is 13.3. The molecule has 0 saturated heterocycles. The highest BCUT2D eigenvalue weighted by Gasteiger charge is 2.15. The van der Waals surface area contributed by atoms with Gasteiger partial charge in [0.2, 0.25) is 0 Å². The van der Waals surface area contributed by atoms with E-state index in [2.05, 4.69) is 10.1 Å². The molecule has 7 heteroatoms. The fourth-order valence-electron chi connectivity index (χ4n) is 3.19. The van der Waals surface area contributed by atoms with Gasteiger partial charge in [0.1, 0.15) is 11.6 Å². The number of hydrogen-bond acceptors (Lipinski definition) is 5. The predicted octanol–water partition coefficient (Wildman–Crippen LogP) is 4.76. The molecule has 0 aliphatic carbocycles. The summed E-state index contributed by atoms with van der Waals surface area (Å²) in [4.78, 5) is 22.4. The number of benzene rings is 2. The number of pyridine rings is 1. The first-order valence-electron chi connectivity index (χ1n) is 8.86. The average Bonchev–Trinajstić information content (AvgIpc) is 3.30. The van der Waals surface area contributed by atoms with E-state index < -0.39 is 0 Å². The maximum Gasteiger partial charge on any atom is 0.267 e. The molecule has 0 amide bonds. The highest BCUT2D eigenvalue weighted by Crippen LogP contribution is 2.25. The number of aromatic nitrogens is 4. The first kappa shape index (κ1) is 17.3. The molecule has 0 saturated carbocycles. The Bertz CT molecular complexity index is 1360. The lowest BCUT2D eigenvalue weighted by molar-refractivity contribution is 0.432. The van der Waals surface area contributed by atoms with Gasteiger partial charge in [0.25, 0.3) is 5.56 Å². The molecular weight excluding hydrogens is 388 g/mol. The largest absolute Gasteiger partial charge is 0.356 e. The quantitative estimate of drug-likeness (QED) is 0.436. The summed E-state index contributed by atoms with van der Waals surface area (Å²) in [6.07, 6.45) is 3.10. The van der Waals surface area contributed by atoms with Gasteiger partial charge >= 0.3 is 0 Å². The molecule has 0 bridgehead atoms. The number of para-hydroxylation sites is 1. The van der Waals surface area contributed by atoms with Crippen molar-refractivity contribution < 1.29 is 4.52 Å². The van der Waals surface area contributed by atoms with Gasteiger partial charge in [0, 0.05) is 23.4 Å². The fourth-order valence-corrected chi connectivity index (χ4v) is 3.30. The van der Waals surface area contributed by atoms with Crippen molar-refractivity contribution >= 4 is 22.5 Å². The minimum Gasteiger partial charge on any atom is -0.356 e. The Balaban J connectivity index is 1.75. The Morgan fingerprint density at radius 3 is 2.41 bits per heavy atom. The van der Waals surface area contributed by atoms with Crippen LogP contribution in [0.3, 0.4) is 0 Å². The normalized spacial score (nSPS) is 11.1. The lowest BCUT2D eigenvalue weighted by atomic mass is 10.1. The summed E-state index contributed by atoms with van der Waals surface area (Å²) in [6.45, 7) is 0. The smallest absolute Gasteiger partial charge is 0.267 e. The molecule has 0 radical (unpaired) electrons. The van der Waals surface area contributed by atoms with Crippen LogP contribution in [-0.4, -0.2) is 19.7 Å². The summed E-state index contributed by atoms with van der Waals surface area (Å²) in [5.41, 5.74) is 2.08. The highest BCUT2D eigenvalue weighted by molar-refractivity contribution is 6.30. The predicted molar refractivity (Wildman–Crippen MR) is 111 cm³/mol. The topological polar surface area (TPSA) is 73.8 Å². The molecule has 29 heavy (non-hydrogen) atoms. The van der Waals surface area contributed by atoms with Gasteiger partial charge in [-0.1, -0.05) is 53.2 Å². The molecule has 3 aromatic heterocycles. The van der Waals surface area contributed by atoms with Crippen LogP contribution in [0.2, 0.25) is 5.02 Å². The molecule has 0 aliphatic rings. The maximum atomic E-state index is 13.3. The van der Waals surface area contributed by atoms with Crippen LogP contribution in [0.4, 0.5) is 0 Å². The van der Waals surface area contributed by atoms with Gasteiger partial charge < -0.3 is 4.52 Å². The van der Waals surface area contributed by atoms with Crippen molar-refractivity contribution in [2.45, 2.75) is 0 Å². The van der Waals surface area contributed by atoms with Crippen molar-refractivity contribution in [2.75, 3.05) is 0 Å².